The third kappa shape index (κ3) is 8.40. The summed E-state index contributed by atoms with van der Waals surface area (Å²) in [5, 5.41) is 2.49. The molecule has 12 nitrogen and oxygen atoms in total. The summed E-state index contributed by atoms with van der Waals surface area (Å²) in [5.41, 5.74) is 2.11. The zero-order valence-corrected chi connectivity index (χ0v) is 27.4. The number of alkyl halides is 6. The number of pyridine rings is 1. The molecule has 0 saturated heterocycles. The maximum atomic E-state index is 13.7. The van der Waals surface area contributed by atoms with Crippen LogP contribution in [0.5, 0.6) is 5.88 Å². The average Bonchev–Trinajstić information content (AvgIpc) is 3.06. The number of fused-ring (bicyclic) bond motifs is 1. The first-order valence-corrected chi connectivity index (χ1v) is 15.3. The zero-order valence-electron chi connectivity index (χ0n) is 27.4. The Morgan fingerprint density at radius 3 is 2.22 bits per heavy atom. The number of hydrogen-bond acceptors (Lipinski definition) is 10. The van der Waals surface area contributed by atoms with Crippen LogP contribution in [-0.2, 0) is 37.8 Å². The molecule has 3 aromatic rings. The van der Waals surface area contributed by atoms with Crippen molar-refractivity contribution in [3.05, 3.63) is 70.4 Å². The lowest BCUT2D eigenvalue weighted by Gasteiger charge is -2.46. The van der Waals surface area contributed by atoms with Gasteiger partial charge in [-0.1, -0.05) is 6.92 Å². The zero-order chi connectivity index (χ0) is 37.0. The number of amides is 2. The summed E-state index contributed by atoms with van der Waals surface area (Å²) in [5.74, 6) is -2.15. The van der Waals surface area contributed by atoms with E-state index in [4.69, 9.17) is 15.2 Å². The first-order valence-electron chi connectivity index (χ1n) is 15.3. The molecule has 2 amide bonds. The molecule has 0 saturated carbocycles. The Kier molecular flexibility index (Phi) is 11.2. The molecule has 3 heterocycles. The lowest BCUT2D eigenvalue weighted by molar-refractivity contribution is -0.143. The number of halogens is 6. The summed E-state index contributed by atoms with van der Waals surface area (Å²) >= 11 is 0. The maximum absolute atomic E-state index is 13.7. The SMILES string of the molecule is CCOC(=O)N1c2ccc(OC)nc2[C@@H](c2ncc(NC(=O)CCC(=O)OC)c(Cc3cc(C(F)(F)F)cc(C(F)(F)F)c3)n2)C[C@@]1(N)CC. The summed E-state index contributed by atoms with van der Waals surface area (Å²) in [6, 6.07) is 4.15. The van der Waals surface area contributed by atoms with E-state index in [0.717, 1.165) is 13.3 Å². The van der Waals surface area contributed by atoms with Crippen LogP contribution in [0.1, 0.15) is 79.4 Å². The number of ether oxygens (including phenoxy) is 3. The number of rotatable bonds is 10. The van der Waals surface area contributed by atoms with Crippen LogP contribution in [-0.4, -0.2) is 59.4 Å². The van der Waals surface area contributed by atoms with E-state index in [0.29, 0.717) is 12.1 Å². The number of carbonyl (C=O) groups excluding carboxylic acids is 3. The highest BCUT2D eigenvalue weighted by atomic mass is 19.4. The van der Waals surface area contributed by atoms with Crippen molar-refractivity contribution in [2.24, 2.45) is 5.73 Å². The van der Waals surface area contributed by atoms with Crippen LogP contribution < -0.4 is 20.7 Å². The van der Waals surface area contributed by atoms with Crippen LogP contribution in [0, 0.1) is 0 Å². The van der Waals surface area contributed by atoms with Crippen LogP contribution >= 0.6 is 0 Å². The monoisotopic (exact) mass is 712 g/mol. The second-order valence-corrected chi connectivity index (χ2v) is 11.3. The summed E-state index contributed by atoms with van der Waals surface area (Å²) in [7, 11) is 2.50. The minimum absolute atomic E-state index is 0.00328. The Morgan fingerprint density at radius 1 is 1.00 bits per heavy atom. The number of aromatic nitrogens is 3. The van der Waals surface area contributed by atoms with Crippen LogP contribution in [0.15, 0.2) is 36.5 Å². The van der Waals surface area contributed by atoms with Gasteiger partial charge in [0.15, 0.2) is 0 Å². The number of benzene rings is 1. The van der Waals surface area contributed by atoms with Gasteiger partial charge in [-0.05, 0) is 49.6 Å². The molecule has 18 heteroatoms. The number of carbonyl (C=O) groups is 3. The molecule has 0 bridgehead atoms. The summed E-state index contributed by atoms with van der Waals surface area (Å²) in [6.07, 6.45) is -10.9. The molecule has 1 aliphatic heterocycles. The minimum atomic E-state index is -5.11. The van der Waals surface area contributed by atoms with Crippen LogP contribution in [0.4, 0.5) is 42.5 Å². The van der Waals surface area contributed by atoms with Gasteiger partial charge < -0.3 is 25.3 Å². The summed E-state index contributed by atoms with van der Waals surface area (Å²) < 4.78 is 97.3. The number of nitrogens with two attached hydrogens (primary N) is 1. The summed E-state index contributed by atoms with van der Waals surface area (Å²) in [6.45, 7) is 3.40. The molecule has 0 radical (unpaired) electrons. The van der Waals surface area contributed by atoms with Crippen molar-refractivity contribution in [3.63, 3.8) is 0 Å². The molecule has 1 aromatic carbocycles. The molecule has 50 heavy (non-hydrogen) atoms. The van der Waals surface area contributed by atoms with Gasteiger partial charge in [0.2, 0.25) is 11.8 Å². The fourth-order valence-corrected chi connectivity index (χ4v) is 5.46. The second kappa shape index (κ2) is 14.9. The topological polar surface area (TPSA) is 159 Å². The Hall–Kier alpha value is -5.00. The van der Waals surface area contributed by atoms with E-state index in [-0.39, 0.29) is 72.8 Å². The van der Waals surface area contributed by atoms with E-state index >= 15 is 0 Å². The Bertz CT molecular complexity index is 1720. The molecule has 0 unspecified atom stereocenters. The van der Waals surface area contributed by atoms with Gasteiger partial charge in [0.25, 0.3) is 0 Å². The summed E-state index contributed by atoms with van der Waals surface area (Å²) in [4.78, 5) is 52.2. The van der Waals surface area contributed by atoms with Gasteiger partial charge in [0, 0.05) is 18.9 Å². The second-order valence-electron chi connectivity index (χ2n) is 11.3. The number of nitrogens with zero attached hydrogens (tertiary/aromatic N) is 4. The molecule has 1 aliphatic rings. The highest BCUT2D eigenvalue weighted by molar-refractivity contribution is 5.93. The normalized spacial score (nSPS) is 17.5. The van der Waals surface area contributed by atoms with Gasteiger partial charge in [-0.3, -0.25) is 14.5 Å². The predicted octanol–water partition coefficient (Wildman–Crippen LogP) is 5.96. The minimum Gasteiger partial charge on any atom is -0.481 e. The number of nitrogens with one attached hydrogen (secondary N) is 1. The highest BCUT2D eigenvalue weighted by Crippen LogP contribution is 2.45. The van der Waals surface area contributed by atoms with Crippen molar-refractivity contribution in [3.8, 4) is 5.88 Å². The lowest BCUT2D eigenvalue weighted by Crippen LogP contribution is -2.61. The van der Waals surface area contributed by atoms with Crippen LogP contribution in [0.25, 0.3) is 0 Å². The van der Waals surface area contributed by atoms with Crippen molar-refractivity contribution in [1.82, 2.24) is 15.0 Å². The van der Waals surface area contributed by atoms with Crippen molar-refractivity contribution >= 4 is 29.3 Å². The lowest BCUT2D eigenvalue weighted by atomic mass is 9.83. The van der Waals surface area contributed by atoms with Gasteiger partial charge in [-0.2, -0.15) is 26.3 Å². The third-order valence-electron chi connectivity index (χ3n) is 8.00. The molecular weight excluding hydrogens is 678 g/mol. The molecule has 0 fully saturated rings. The number of hydrogen-bond donors (Lipinski definition) is 2. The van der Waals surface area contributed by atoms with E-state index in [1.54, 1.807) is 19.9 Å². The third-order valence-corrected chi connectivity index (χ3v) is 8.00. The van der Waals surface area contributed by atoms with Crippen LogP contribution in [0.3, 0.4) is 0 Å². The van der Waals surface area contributed by atoms with Crippen molar-refractivity contribution in [2.75, 3.05) is 31.0 Å². The van der Waals surface area contributed by atoms with Gasteiger partial charge in [-0.15, -0.1) is 0 Å². The van der Waals surface area contributed by atoms with E-state index < -0.39 is 65.0 Å². The first-order chi connectivity index (χ1) is 23.4. The van der Waals surface area contributed by atoms with Gasteiger partial charge in [0.05, 0.1) is 73.3 Å². The number of methoxy groups -OCH3 is 2. The molecule has 0 aliphatic carbocycles. The quantitative estimate of drug-likeness (QED) is 0.190. The van der Waals surface area contributed by atoms with E-state index in [1.807, 2.05) is 0 Å². The van der Waals surface area contributed by atoms with Gasteiger partial charge in [0.1, 0.15) is 11.5 Å². The molecule has 0 spiro atoms. The van der Waals surface area contributed by atoms with Crippen molar-refractivity contribution in [1.29, 1.82) is 0 Å². The predicted molar refractivity (Wildman–Crippen MR) is 165 cm³/mol. The largest absolute Gasteiger partial charge is 0.481 e. The number of anilines is 2. The first kappa shape index (κ1) is 37.8. The molecule has 270 valence electrons. The van der Waals surface area contributed by atoms with Crippen LogP contribution in [0.2, 0.25) is 0 Å². The fraction of sp³-hybridized carbons (Fsp3) is 0.438. The molecule has 2 atom stereocenters. The Labute approximate surface area is 282 Å². The molecule has 4 rings (SSSR count). The van der Waals surface area contributed by atoms with Gasteiger partial charge in [-0.25, -0.2) is 19.7 Å². The standard InChI is InChI=1S/C32H34F6N6O6/c1-5-30(39)15-20(27-23(7-9-25(43-27)48-3)44(30)29(47)50-6-2)28-40-16-22(41-24(45)8-10-26(46)49-4)21(42-28)13-17-11-18(31(33,34)35)14-19(12-17)32(36,37)38/h7,9,11-12,14,16,20H,5-6,8,10,13,15,39H2,1-4H3,(H,41,45)/t20-,30+/m0/s1. The molecular formula is C32H34F6N6O6. The van der Waals surface area contributed by atoms with Crippen molar-refractivity contribution in [2.45, 2.75) is 69.9 Å². The Morgan fingerprint density at radius 2 is 1.66 bits per heavy atom. The smallest absolute Gasteiger partial charge is 0.416 e. The fourth-order valence-electron chi connectivity index (χ4n) is 5.46. The van der Waals surface area contributed by atoms with E-state index in [2.05, 4.69) is 25.0 Å². The molecule has 2 aromatic heterocycles. The Balaban J connectivity index is 1.89. The van der Waals surface area contributed by atoms with E-state index in [9.17, 15) is 40.7 Å². The maximum Gasteiger partial charge on any atom is 0.416 e. The van der Waals surface area contributed by atoms with E-state index in [1.165, 1.54) is 18.1 Å². The number of esters is 1. The average molecular weight is 713 g/mol. The molecule has 3 N–H and O–H groups in total. The highest BCUT2D eigenvalue weighted by Gasteiger charge is 2.47. The van der Waals surface area contributed by atoms with Crippen molar-refractivity contribution < 1.29 is 54.9 Å². The van der Waals surface area contributed by atoms with Gasteiger partial charge >= 0.3 is 24.4 Å².